The lowest BCUT2D eigenvalue weighted by molar-refractivity contribution is 0.922. The summed E-state index contributed by atoms with van der Waals surface area (Å²) in [6.45, 7) is 2.18. The summed E-state index contributed by atoms with van der Waals surface area (Å²) < 4.78 is 0. The number of nitrogen functional groups attached to an aromatic ring is 1. The van der Waals surface area contributed by atoms with Crippen LogP contribution in [-0.2, 0) is 6.42 Å². The maximum absolute atomic E-state index is 5.69. The van der Waals surface area contributed by atoms with Crippen molar-refractivity contribution in [1.82, 2.24) is 10.2 Å². The number of hydrogen-bond acceptors (Lipinski definition) is 3. The Morgan fingerprint density at radius 2 is 2.06 bits per heavy atom. The Morgan fingerprint density at radius 3 is 2.62 bits per heavy atom. The Labute approximate surface area is 94.9 Å². The number of aryl methyl sites for hydroxylation is 1. The standard InChI is InChI=1S/C12H16N4/c1-2-3-9-4-6-10(7-5-9)15-11-8-14-16-12(11)13/h4-8,15H,2-3H2,1H3,(H3,13,14,16). The number of nitrogens with two attached hydrogens (primary N) is 1. The normalized spacial score (nSPS) is 10.3. The fraction of sp³-hybridized carbons (Fsp3) is 0.250. The number of anilines is 3. The molecule has 0 fully saturated rings. The van der Waals surface area contributed by atoms with E-state index in [0.717, 1.165) is 17.8 Å². The van der Waals surface area contributed by atoms with Gasteiger partial charge < -0.3 is 11.1 Å². The maximum Gasteiger partial charge on any atom is 0.143 e. The number of benzene rings is 1. The lowest BCUT2D eigenvalue weighted by atomic mass is 10.1. The lowest BCUT2D eigenvalue weighted by Gasteiger charge is -2.05. The van der Waals surface area contributed by atoms with Crippen molar-refractivity contribution in [3.8, 4) is 0 Å². The second-order valence-electron chi connectivity index (χ2n) is 3.77. The van der Waals surface area contributed by atoms with E-state index in [-0.39, 0.29) is 0 Å². The zero-order valence-electron chi connectivity index (χ0n) is 9.33. The first-order valence-electron chi connectivity index (χ1n) is 5.44. The first-order chi connectivity index (χ1) is 7.79. The molecule has 1 aromatic heterocycles. The minimum atomic E-state index is 0.553. The molecule has 0 aliphatic heterocycles. The first-order valence-corrected chi connectivity index (χ1v) is 5.44. The summed E-state index contributed by atoms with van der Waals surface area (Å²) in [5.41, 5.74) is 8.87. The predicted molar refractivity (Wildman–Crippen MR) is 66.7 cm³/mol. The molecule has 2 aromatic rings. The fourth-order valence-corrected chi connectivity index (χ4v) is 1.59. The van der Waals surface area contributed by atoms with Gasteiger partial charge in [0.15, 0.2) is 0 Å². The van der Waals surface area contributed by atoms with Crippen molar-refractivity contribution < 1.29 is 0 Å². The summed E-state index contributed by atoms with van der Waals surface area (Å²) >= 11 is 0. The van der Waals surface area contributed by atoms with E-state index in [2.05, 4.69) is 46.7 Å². The molecule has 0 aliphatic carbocycles. The van der Waals surface area contributed by atoms with E-state index >= 15 is 0 Å². The van der Waals surface area contributed by atoms with E-state index in [9.17, 15) is 0 Å². The molecular weight excluding hydrogens is 200 g/mol. The molecule has 0 saturated heterocycles. The Morgan fingerprint density at radius 1 is 1.31 bits per heavy atom. The maximum atomic E-state index is 5.69. The van der Waals surface area contributed by atoms with E-state index in [4.69, 9.17) is 5.73 Å². The third-order valence-electron chi connectivity index (χ3n) is 2.44. The van der Waals surface area contributed by atoms with Gasteiger partial charge in [0, 0.05) is 5.69 Å². The molecule has 4 N–H and O–H groups in total. The molecule has 16 heavy (non-hydrogen) atoms. The van der Waals surface area contributed by atoms with Crippen molar-refractivity contribution >= 4 is 17.2 Å². The number of aromatic amines is 1. The molecule has 84 valence electrons. The van der Waals surface area contributed by atoms with E-state index in [1.807, 2.05) is 0 Å². The SMILES string of the molecule is CCCc1ccc(Nc2cn[nH]c2N)cc1. The van der Waals surface area contributed by atoms with Crippen LogP contribution in [0.5, 0.6) is 0 Å². The number of nitrogens with one attached hydrogen (secondary N) is 2. The summed E-state index contributed by atoms with van der Waals surface area (Å²) in [7, 11) is 0. The van der Waals surface area contributed by atoms with Crippen molar-refractivity contribution in [3.05, 3.63) is 36.0 Å². The molecule has 0 bridgehead atoms. The minimum absolute atomic E-state index is 0.553. The molecule has 1 aromatic carbocycles. The van der Waals surface area contributed by atoms with E-state index in [1.54, 1.807) is 6.20 Å². The van der Waals surface area contributed by atoms with E-state index in [1.165, 1.54) is 12.0 Å². The largest absolute Gasteiger partial charge is 0.382 e. The zero-order valence-corrected chi connectivity index (χ0v) is 9.33. The Balaban J connectivity index is 2.08. The number of rotatable bonds is 4. The molecule has 0 amide bonds. The highest BCUT2D eigenvalue weighted by Gasteiger charge is 2.00. The van der Waals surface area contributed by atoms with Crippen LogP contribution in [0.4, 0.5) is 17.2 Å². The van der Waals surface area contributed by atoms with Gasteiger partial charge in [-0.1, -0.05) is 25.5 Å². The van der Waals surface area contributed by atoms with Gasteiger partial charge in [-0.3, -0.25) is 5.10 Å². The van der Waals surface area contributed by atoms with Gasteiger partial charge in [-0.2, -0.15) is 5.10 Å². The van der Waals surface area contributed by atoms with Crippen molar-refractivity contribution in [2.24, 2.45) is 0 Å². The highest BCUT2D eigenvalue weighted by atomic mass is 15.2. The third-order valence-corrected chi connectivity index (χ3v) is 2.44. The monoisotopic (exact) mass is 216 g/mol. The van der Waals surface area contributed by atoms with Crippen LogP contribution in [-0.4, -0.2) is 10.2 Å². The number of aromatic nitrogens is 2. The average Bonchev–Trinajstić information content (AvgIpc) is 2.68. The van der Waals surface area contributed by atoms with Gasteiger partial charge in [-0.25, -0.2) is 0 Å². The van der Waals surface area contributed by atoms with Crippen molar-refractivity contribution in [2.75, 3.05) is 11.1 Å². The van der Waals surface area contributed by atoms with Crippen LogP contribution in [0.3, 0.4) is 0 Å². The number of H-pyrrole nitrogens is 1. The Bertz CT molecular complexity index is 444. The fourth-order valence-electron chi connectivity index (χ4n) is 1.59. The third kappa shape index (κ3) is 2.34. The molecule has 4 heteroatoms. The van der Waals surface area contributed by atoms with Crippen LogP contribution < -0.4 is 11.1 Å². The van der Waals surface area contributed by atoms with Crippen molar-refractivity contribution in [2.45, 2.75) is 19.8 Å². The van der Waals surface area contributed by atoms with Crippen LogP contribution in [0.1, 0.15) is 18.9 Å². The van der Waals surface area contributed by atoms with Crippen LogP contribution in [0.2, 0.25) is 0 Å². The van der Waals surface area contributed by atoms with Gasteiger partial charge in [0.1, 0.15) is 11.5 Å². The summed E-state index contributed by atoms with van der Waals surface area (Å²) in [6, 6.07) is 8.36. The molecule has 0 aliphatic rings. The van der Waals surface area contributed by atoms with E-state index in [0.29, 0.717) is 5.82 Å². The van der Waals surface area contributed by atoms with Gasteiger partial charge in [0.05, 0.1) is 6.20 Å². The molecule has 0 saturated carbocycles. The van der Waals surface area contributed by atoms with Crippen molar-refractivity contribution in [3.63, 3.8) is 0 Å². The van der Waals surface area contributed by atoms with Gasteiger partial charge in [-0.15, -0.1) is 0 Å². The van der Waals surface area contributed by atoms with Crippen LogP contribution >= 0.6 is 0 Å². The lowest BCUT2D eigenvalue weighted by Crippen LogP contribution is -1.94. The van der Waals surface area contributed by atoms with Crippen LogP contribution in [0.15, 0.2) is 30.5 Å². The highest BCUT2D eigenvalue weighted by Crippen LogP contribution is 2.20. The quantitative estimate of drug-likeness (QED) is 0.736. The molecule has 0 unspecified atom stereocenters. The molecule has 4 nitrogen and oxygen atoms in total. The molecule has 0 atom stereocenters. The Hall–Kier alpha value is -1.97. The van der Waals surface area contributed by atoms with Gasteiger partial charge in [-0.05, 0) is 24.1 Å². The second-order valence-corrected chi connectivity index (χ2v) is 3.77. The van der Waals surface area contributed by atoms with Gasteiger partial charge >= 0.3 is 0 Å². The predicted octanol–water partition coefficient (Wildman–Crippen LogP) is 2.69. The molecule has 0 spiro atoms. The van der Waals surface area contributed by atoms with Gasteiger partial charge in [0.2, 0.25) is 0 Å². The molecule has 0 radical (unpaired) electrons. The van der Waals surface area contributed by atoms with Crippen LogP contribution in [0, 0.1) is 0 Å². The number of hydrogen-bond donors (Lipinski definition) is 3. The summed E-state index contributed by atoms with van der Waals surface area (Å²) in [4.78, 5) is 0. The molecule has 1 heterocycles. The zero-order chi connectivity index (χ0) is 11.4. The summed E-state index contributed by atoms with van der Waals surface area (Å²) in [5.74, 6) is 0.553. The number of nitrogens with zero attached hydrogens (tertiary/aromatic N) is 1. The first kappa shape index (κ1) is 10.5. The highest BCUT2D eigenvalue weighted by molar-refractivity contribution is 5.68. The Kier molecular flexibility index (Phi) is 3.10. The van der Waals surface area contributed by atoms with E-state index < -0.39 is 0 Å². The smallest absolute Gasteiger partial charge is 0.143 e. The molecule has 2 rings (SSSR count). The summed E-state index contributed by atoms with van der Waals surface area (Å²) in [5, 5.41) is 9.74. The molecular formula is C12H16N4. The average molecular weight is 216 g/mol. The second kappa shape index (κ2) is 4.70. The topological polar surface area (TPSA) is 66.7 Å². The van der Waals surface area contributed by atoms with Crippen LogP contribution in [0.25, 0.3) is 0 Å². The van der Waals surface area contributed by atoms with Gasteiger partial charge in [0.25, 0.3) is 0 Å². The van der Waals surface area contributed by atoms with Crippen molar-refractivity contribution in [1.29, 1.82) is 0 Å². The minimum Gasteiger partial charge on any atom is -0.382 e. The summed E-state index contributed by atoms with van der Waals surface area (Å²) in [6.07, 6.45) is 3.96.